The van der Waals surface area contributed by atoms with Crippen LogP contribution in [0.5, 0.6) is 0 Å². The second-order valence-electron chi connectivity index (χ2n) is 12.0. The summed E-state index contributed by atoms with van der Waals surface area (Å²) in [7, 11) is 0. The molecule has 2 aromatic carbocycles. The molecule has 6 rings (SSSR count). The maximum absolute atomic E-state index is 13.6. The SMILES string of the molecule is C=C1C[C@@]23O[C@]2(c2ccccc21)C1CC(OC(=O)[C@H](O)[C@@H](NC(=O)OCC)c2ccc(F)cc2)C3(C)C1(C)C. The van der Waals surface area contributed by atoms with Crippen molar-refractivity contribution in [2.75, 3.05) is 6.61 Å². The molecule has 3 unspecified atom stereocenters. The third kappa shape index (κ3) is 3.16. The average Bonchev–Trinajstić information content (AvgIpc) is 3.53. The van der Waals surface area contributed by atoms with Crippen LogP contribution < -0.4 is 5.32 Å². The van der Waals surface area contributed by atoms with Crippen LogP contribution in [0.25, 0.3) is 5.57 Å². The number of amides is 1. The molecule has 0 spiro atoms. The fourth-order valence-electron chi connectivity index (χ4n) is 8.22. The number of hydrogen-bond donors (Lipinski definition) is 2. The molecule has 39 heavy (non-hydrogen) atoms. The molecule has 4 aliphatic rings. The van der Waals surface area contributed by atoms with Crippen LogP contribution in [-0.2, 0) is 24.6 Å². The number of hydrogen-bond acceptors (Lipinski definition) is 6. The molecular weight excluding hydrogens is 501 g/mol. The average molecular weight is 536 g/mol. The number of rotatable bonds is 6. The van der Waals surface area contributed by atoms with Crippen LogP contribution in [0.3, 0.4) is 0 Å². The van der Waals surface area contributed by atoms with Crippen molar-refractivity contribution in [1.82, 2.24) is 5.32 Å². The number of aliphatic hydroxyl groups excluding tert-OH is 1. The van der Waals surface area contributed by atoms with Gasteiger partial charge < -0.3 is 24.6 Å². The summed E-state index contributed by atoms with van der Waals surface area (Å²) in [4.78, 5) is 25.7. The predicted octanol–water partition coefficient (Wildman–Crippen LogP) is 5.03. The van der Waals surface area contributed by atoms with Crippen molar-refractivity contribution in [3.05, 3.63) is 77.6 Å². The number of carbonyl (C=O) groups excluding carboxylic acids is 2. The maximum atomic E-state index is 13.6. The summed E-state index contributed by atoms with van der Waals surface area (Å²) in [6, 6.07) is 12.3. The minimum absolute atomic E-state index is 0.0877. The first-order valence-corrected chi connectivity index (χ1v) is 13.5. The van der Waals surface area contributed by atoms with Gasteiger partial charge in [-0.2, -0.15) is 0 Å². The number of aliphatic hydroxyl groups is 1. The fourth-order valence-corrected chi connectivity index (χ4v) is 8.22. The number of ether oxygens (including phenoxy) is 3. The summed E-state index contributed by atoms with van der Waals surface area (Å²) in [6.45, 7) is 12.7. The molecule has 3 fully saturated rings. The zero-order chi connectivity index (χ0) is 28.0. The van der Waals surface area contributed by atoms with Gasteiger partial charge in [0.05, 0.1) is 12.6 Å². The number of esters is 1. The third-order valence-corrected chi connectivity index (χ3v) is 10.3. The molecule has 0 aromatic heterocycles. The van der Waals surface area contributed by atoms with Crippen LogP contribution in [0.1, 0.15) is 63.3 Å². The molecule has 8 heteroatoms. The second-order valence-corrected chi connectivity index (χ2v) is 12.0. The molecule has 1 heterocycles. The Hall–Kier alpha value is -3.23. The molecular formula is C31H34FNO6. The first-order chi connectivity index (χ1) is 18.4. The van der Waals surface area contributed by atoms with E-state index in [2.05, 4.69) is 44.8 Å². The quantitative estimate of drug-likeness (QED) is 0.398. The topological polar surface area (TPSA) is 97.4 Å². The van der Waals surface area contributed by atoms with Gasteiger partial charge in [-0.15, -0.1) is 0 Å². The first-order valence-electron chi connectivity index (χ1n) is 13.5. The van der Waals surface area contributed by atoms with Crippen molar-refractivity contribution in [3.8, 4) is 0 Å². The minimum atomic E-state index is -1.74. The van der Waals surface area contributed by atoms with E-state index >= 15 is 0 Å². The summed E-state index contributed by atoms with van der Waals surface area (Å²) in [6.07, 6.45) is -1.85. The highest BCUT2D eigenvalue weighted by Gasteiger charge is 2.95. The Kier molecular flexibility index (Phi) is 5.59. The number of benzene rings is 2. The van der Waals surface area contributed by atoms with Gasteiger partial charge in [0.15, 0.2) is 6.10 Å². The summed E-state index contributed by atoms with van der Waals surface area (Å²) < 4.78 is 31.4. The Morgan fingerprint density at radius 1 is 1.18 bits per heavy atom. The van der Waals surface area contributed by atoms with Crippen molar-refractivity contribution in [1.29, 1.82) is 0 Å². The van der Waals surface area contributed by atoms with Gasteiger partial charge in [-0.05, 0) is 53.2 Å². The number of fused-ring (bicyclic) bond motifs is 3. The summed E-state index contributed by atoms with van der Waals surface area (Å²) in [5, 5.41) is 13.7. The van der Waals surface area contributed by atoms with E-state index < -0.39 is 52.7 Å². The van der Waals surface area contributed by atoms with E-state index in [1.54, 1.807) is 6.92 Å². The Morgan fingerprint density at radius 2 is 1.87 bits per heavy atom. The van der Waals surface area contributed by atoms with E-state index in [0.29, 0.717) is 18.4 Å². The maximum Gasteiger partial charge on any atom is 0.407 e. The Morgan fingerprint density at radius 3 is 2.56 bits per heavy atom. The van der Waals surface area contributed by atoms with E-state index in [9.17, 15) is 19.1 Å². The Labute approximate surface area is 227 Å². The van der Waals surface area contributed by atoms with Crippen LogP contribution in [0.15, 0.2) is 55.1 Å². The van der Waals surface area contributed by atoms with Crippen molar-refractivity contribution in [2.45, 2.75) is 70.0 Å². The lowest BCUT2D eigenvalue weighted by Gasteiger charge is -2.45. The van der Waals surface area contributed by atoms with Gasteiger partial charge in [0.2, 0.25) is 0 Å². The highest BCUT2D eigenvalue weighted by Crippen LogP contribution is 2.89. The number of epoxide rings is 1. The van der Waals surface area contributed by atoms with Gasteiger partial charge in [-0.3, -0.25) is 0 Å². The van der Waals surface area contributed by atoms with Crippen molar-refractivity contribution in [2.24, 2.45) is 16.7 Å². The monoisotopic (exact) mass is 535 g/mol. The van der Waals surface area contributed by atoms with E-state index in [-0.39, 0.29) is 17.9 Å². The third-order valence-electron chi connectivity index (χ3n) is 10.3. The van der Waals surface area contributed by atoms with E-state index in [1.165, 1.54) is 24.3 Å². The van der Waals surface area contributed by atoms with Crippen molar-refractivity contribution < 1.29 is 33.3 Å². The largest absolute Gasteiger partial charge is 0.460 e. The van der Waals surface area contributed by atoms with E-state index in [0.717, 1.165) is 16.7 Å². The lowest BCUT2D eigenvalue weighted by atomic mass is 9.59. The smallest absolute Gasteiger partial charge is 0.407 e. The highest BCUT2D eigenvalue weighted by molar-refractivity contribution is 5.79. The molecule has 2 N–H and O–H groups in total. The van der Waals surface area contributed by atoms with Gasteiger partial charge in [0.25, 0.3) is 0 Å². The molecule has 7 nitrogen and oxygen atoms in total. The molecule has 2 bridgehead atoms. The van der Waals surface area contributed by atoms with Gasteiger partial charge >= 0.3 is 12.1 Å². The molecule has 3 aliphatic carbocycles. The van der Waals surface area contributed by atoms with Crippen LogP contribution >= 0.6 is 0 Å². The zero-order valence-corrected chi connectivity index (χ0v) is 22.6. The molecule has 1 aliphatic heterocycles. The van der Waals surface area contributed by atoms with E-state index in [4.69, 9.17) is 14.2 Å². The van der Waals surface area contributed by atoms with Gasteiger partial charge in [0.1, 0.15) is 23.1 Å². The first kappa shape index (κ1) is 26.0. The minimum Gasteiger partial charge on any atom is -0.460 e. The van der Waals surface area contributed by atoms with Gasteiger partial charge in [0, 0.05) is 17.8 Å². The van der Waals surface area contributed by atoms with Crippen molar-refractivity contribution in [3.63, 3.8) is 0 Å². The normalized spacial score (nSPS) is 34.3. The van der Waals surface area contributed by atoms with Crippen molar-refractivity contribution >= 4 is 17.6 Å². The van der Waals surface area contributed by atoms with E-state index in [1.807, 2.05) is 12.1 Å². The summed E-state index contributed by atoms with van der Waals surface area (Å²) in [5.74, 6) is -1.26. The van der Waals surface area contributed by atoms with Crippen LogP contribution in [0, 0.1) is 22.6 Å². The second kappa shape index (κ2) is 8.38. The number of halogens is 1. The molecule has 2 saturated carbocycles. The molecule has 1 saturated heterocycles. The standard InChI is InChI=1S/C31H34FNO6/c1-6-37-27(36)33-24(18-11-13-19(32)14-12-18)25(34)26(35)38-23-15-22-28(3,4)29(23,5)30-16-17(2)20-9-7-8-10-21(20)31(22,30)39-30/h7-14,22-25,34H,2,6,15-16H2,1,3-5H3,(H,33,36)/t22?,23?,24-,25+,29?,30-,31+/m0/s1. The van der Waals surface area contributed by atoms with Crippen LogP contribution in [0.2, 0.25) is 0 Å². The number of alkyl carbamates (subject to hydrolysis) is 1. The van der Waals surface area contributed by atoms with Gasteiger partial charge in [-0.25, -0.2) is 14.0 Å². The lowest BCUT2D eigenvalue weighted by molar-refractivity contribution is -0.172. The number of nitrogens with one attached hydrogen (secondary N) is 1. The fraction of sp³-hybridized carbons (Fsp3) is 0.484. The lowest BCUT2D eigenvalue weighted by Crippen LogP contribution is -2.53. The number of carbonyl (C=O) groups is 2. The Bertz CT molecular complexity index is 1370. The zero-order valence-electron chi connectivity index (χ0n) is 22.6. The summed E-state index contributed by atoms with van der Waals surface area (Å²) >= 11 is 0. The predicted molar refractivity (Wildman–Crippen MR) is 141 cm³/mol. The van der Waals surface area contributed by atoms with Crippen LogP contribution in [-0.4, -0.2) is 41.6 Å². The van der Waals surface area contributed by atoms with Crippen LogP contribution in [0.4, 0.5) is 9.18 Å². The molecule has 7 atom stereocenters. The Balaban J connectivity index is 1.30. The van der Waals surface area contributed by atoms with Gasteiger partial charge in [-0.1, -0.05) is 63.7 Å². The molecule has 2 aromatic rings. The highest BCUT2D eigenvalue weighted by atomic mass is 19.1. The molecule has 0 radical (unpaired) electrons. The molecule has 1 amide bonds. The molecule has 206 valence electrons. The summed E-state index contributed by atoms with van der Waals surface area (Å²) in [5.41, 5.74) is 1.83.